The van der Waals surface area contributed by atoms with Crippen molar-refractivity contribution in [2.75, 3.05) is 0 Å². The minimum atomic E-state index is -0.660. The third-order valence-corrected chi connectivity index (χ3v) is 6.90. The van der Waals surface area contributed by atoms with E-state index in [4.69, 9.17) is 4.74 Å². The topological polar surface area (TPSA) is 94.8 Å². The van der Waals surface area contributed by atoms with Gasteiger partial charge in [0.15, 0.2) is 17.3 Å². The molecule has 6 aromatic rings. The molecule has 6 rings (SSSR count). The van der Waals surface area contributed by atoms with E-state index in [1.165, 1.54) is 47.0 Å². The molecule has 3 heterocycles. The van der Waals surface area contributed by atoms with Gasteiger partial charge in [-0.05, 0) is 73.2 Å². The number of aromatic amines is 1. The molecule has 3 aromatic heterocycles. The second-order valence-corrected chi connectivity index (χ2v) is 9.63. The van der Waals surface area contributed by atoms with Gasteiger partial charge in [0.2, 0.25) is 0 Å². The van der Waals surface area contributed by atoms with Crippen molar-refractivity contribution in [3.8, 4) is 28.3 Å². The Kier molecular flexibility index (Phi) is 6.50. The van der Waals surface area contributed by atoms with Gasteiger partial charge in [-0.3, -0.25) is 23.9 Å². The predicted octanol–water partition coefficient (Wildman–Crippen LogP) is 5.92. The van der Waals surface area contributed by atoms with Gasteiger partial charge in [0.1, 0.15) is 11.6 Å². The maximum atomic E-state index is 15.3. The highest BCUT2D eigenvalue weighted by molar-refractivity contribution is 5.97. The van der Waals surface area contributed by atoms with Crippen molar-refractivity contribution in [1.82, 2.24) is 24.5 Å². The molecule has 0 amide bonds. The molecule has 0 spiro atoms. The third kappa shape index (κ3) is 4.91. The Balaban J connectivity index is 1.27. The number of hydrogen-bond donors (Lipinski definition) is 1. The molecular formula is C31H23F2N5O3. The monoisotopic (exact) mass is 551 g/mol. The van der Waals surface area contributed by atoms with E-state index in [1.807, 2.05) is 13.1 Å². The molecule has 204 valence electrons. The number of halogens is 2. The fourth-order valence-corrected chi connectivity index (χ4v) is 4.78. The normalized spacial score (nSPS) is 11.2. The predicted molar refractivity (Wildman–Crippen MR) is 150 cm³/mol. The molecule has 10 heteroatoms. The lowest BCUT2D eigenvalue weighted by atomic mass is 10.0. The second-order valence-electron chi connectivity index (χ2n) is 9.63. The summed E-state index contributed by atoms with van der Waals surface area (Å²) >= 11 is 0. The van der Waals surface area contributed by atoms with Crippen LogP contribution < -0.4 is 10.3 Å². The van der Waals surface area contributed by atoms with Crippen LogP contribution in [0.4, 0.5) is 8.78 Å². The first-order chi connectivity index (χ1) is 19.8. The van der Waals surface area contributed by atoms with Crippen molar-refractivity contribution in [3.05, 3.63) is 124 Å². The Morgan fingerprint density at radius 1 is 0.976 bits per heavy atom. The van der Waals surface area contributed by atoms with Crippen molar-refractivity contribution in [1.29, 1.82) is 0 Å². The lowest BCUT2D eigenvalue weighted by Gasteiger charge is -2.13. The van der Waals surface area contributed by atoms with Crippen molar-refractivity contribution >= 4 is 16.7 Å². The number of Topliss-reactive ketones (excluding diaryl/α,β-unsaturated/α-hetero) is 1. The highest BCUT2D eigenvalue weighted by Gasteiger charge is 2.18. The number of pyridine rings is 1. The highest BCUT2D eigenvalue weighted by Crippen LogP contribution is 2.37. The Hall–Kier alpha value is -5.38. The van der Waals surface area contributed by atoms with Crippen LogP contribution in [0, 0.1) is 18.6 Å². The van der Waals surface area contributed by atoms with Crippen LogP contribution in [0.3, 0.4) is 0 Å². The maximum absolute atomic E-state index is 15.3. The van der Waals surface area contributed by atoms with Crippen LogP contribution in [0.15, 0.2) is 90.1 Å². The molecule has 1 N–H and O–H groups in total. The molecule has 0 bridgehead atoms. The lowest BCUT2D eigenvalue weighted by molar-refractivity contribution is 0.0991. The molecule has 0 aliphatic carbocycles. The molecule has 0 unspecified atom stereocenters. The van der Waals surface area contributed by atoms with Gasteiger partial charge in [0.25, 0.3) is 5.56 Å². The summed E-state index contributed by atoms with van der Waals surface area (Å²) in [6.45, 7) is 1.72. The zero-order chi connectivity index (χ0) is 28.7. The Morgan fingerprint density at radius 2 is 1.78 bits per heavy atom. The van der Waals surface area contributed by atoms with Gasteiger partial charge in [-0.2, -0.15) is 10.2 Å². The summed E-state index contributed by atoms with van der Waals surface area (Å²) in [6.07, 6.45) is 4.86. The van der Waals surface area contributed by atoms with Crippen molar-refractivity contribution < 1.29 is 18.3 Å². The van der Waals surface area contributed by atoms with Crippen LogP contribution in [0.25, 0.3) is 27.7 Å². The number of hydrogen-bond acceptors (Lipinski definition) is 5. The van der Waals surface area contributed by atoms with Crippen LogP contribution in [-0.4, -0.2) is 30.3 Å². The van der Waals surface area contributed by atoms with E-state index >= 15 is 4.39 Å². The van der Waals surface area contributed by atoms with Gasteiger partial charge in [-0.25, -0.2) is 8.78 Å². The van der Waals surface area contributed by atoms with Crippen LogP contribution in [0.1, 0.15) is 21.6 Å². The van der Waals surface area contributed by atoms with Crippen LogP contribution in [0.2, 0.25) is 0 Å². The van der Waals surface area contributed by atoms with Crippen LogP contribution >= 0.6 is 0 Å². The number of H-pyrrole nitrogens is 1. The Bertz CT molecular complexity index is 1980. The molecule has 8 nitrogen and oxygen atoms in total. The summed E-state index contributed by atoms with van der Waals surface area (Å²) in [4.78, 5) is 26.3. The third-order valence-electron chi connectivity index (χ3n) is 6.90. The molecule has 41 heavy (non-hydrogen) atoms. The fourth-order valence-electron chi connectivity index (χ4n) is 4.78. The van der Waals surface area contributed by atoms with Crippen molar-refractivity contribution in [2.24, 2.45) is 7.05 Å². The average molecular weight is 552 g/mol. The van der Waals surface area contributed by atoms with E-state index in [1.54, 1.807) is 48.4 Å². The van der Waals surface area contributed by atoms with Gasteiger partial charge in [0, 0.05) is 47.6 Å². The standard InChI is InChI=1S/C31H23F2N5O3/c1-18-3-9-24(31(40)38(18)23-7-5-22(32)6-8-23)28(39)12-19-4-10-29(26(33)11-19)41-30-13-20-17-36-37(2)27(20)14-25(30)21-15-34-35-16-21/h3-11,13-17H,12H2,1-2H3,(H,34,35). The summed E-state index contributed by atoms with van der Waals surface area (Å²) in [5, 5.41) is 11.9. The minimum Gasteiger partial charge on any atom is -0.454 e. The quantitative estimate of drug-likeness (QED) is 0.249. The smallest absolute Gasteiger partial charge is 0.266 e. The minimum absolute atomic E-state index is 0.0248. The number of nitrogens with zero attached hydrogens (tertiary/aromatic N) is 4. The summed E-state index contributed by atoms with van der Waals surface area (Å²) < 4.78 is 37.8. The molecular weight excluding hydrogens is 528 g/mol. The number of ether oxygens (including phenoxy) is 1. The first-order valence-electron chi connectivity index (χ1n) is 12.7. The molecule has 0 radical (unpaired) electrons. The van der Waals surface area contributed by atoms with E-state index in [-0.39, 0.29) is 17.7 Å². The maximum Gasteiger partial charge on any atom is 0.266 e. The van der Waals surface area contributed by atoms with Gasteiger partial charge >= 0.3 is 0 Å². The summed E-state index contributed by atoms with van der Waals surface area (Å²) in [7, 11) is 1.83. The van der Waals surface area contributed by atoms with Crippen molar-refractivity contribution in [2.45, 2.75) is 13.3 Å². The second kappa shape index (κ2) is 10.3. The molecule has 0 aliphatic heterocycles. The van der Waals surface area contributed by atoms with Gasteiger partial charge < -0.3 is 4.74 Å². The largest absolute Gasteiger partial charge is 0.454 e. The fraction of sp³-hybridized carbons (Fsp3) is 0.0968. The molecule has 0 aliphatic rings. The molecule has 3 aromatic carbocycles. The molecule has 0 saturated carbocycles. The van der Waals surface area contributed by atoms with Crippen LogP contribution in [0.5, 0.6) is 11.5 Å². The Labute approximate surface area is 232 Å². The summed E-state index contributed by atoms with van der Waals surface area (Å²) in [5.41, 5.74) is 3.17. The zero-order valence-corrected chi connectivity index (χ0v) is 22.1. The summed E-state index contributed by atoms with van der Waals surface area (Å²) in [6, 6.07) is 16.5. The molecule has 0 fully saturated rings. The van der Waals surface area contributed by atoms with Gasteiger partial charge in [0.05, 0.1) is 23.5 Å². The molecule has 0 atom stereocenters. The number of nitrogens with one attached hydrogen (secondary N) is 1. The number of carbonyl (C=O) groups is 1. The van der Waals surface area contributed by atoms with Crippen molar-refractivity contribution in [3.63, 3.8) is 0 Å². The SMILES string of the molecule is Cc1ccc(C(=O)Cc2ccc(Oc3cc4cnn(C)c4cc3-c3cn[nH]c3)c(F)c2)c(=O)n1-c1ccc(F)cc1. The van der Waals surface area contributed by atoms with E-state index in [9.17, 15) is 14.0 Å². The molecule has 0 saturated heterocycles. The Morgan fingerprint density at radius 3 is 2.51 bits per heavy atom. The number of carbonyl (C=O) groups excluding carboxylic acids is 1. The zero-order valence-electron chi connectivity index (χ0n) is 22.1. The number of ketones is 1. The van der Waals surface area contributed by atoms with E-state index in [0.29, 0.717) is 28.3 Å². The highest BCUT2D eigenvalue weighted by atomic mass is 19.1. The van der Waals surface area contributed by atoms with Crippen LogP contribution in [-0.2, 0) is 13.5 Å². The number of rotatable bonds is 7. The first-order valence-corrected chi connectivity index (χ1v) is 12.7. The summed E-state index contributed by atoms with van der Waals surface area (Å²) in [5.74, 6) is -1.18. The number of aromatic nitrogens is 5. The number of benzene rings is 3. The first kappa shape index (κ1) is 25.9. The average Bonchev–Trinajstić information content (AvgIpc) is 3.61. The number of aryl methyl sites for hydroxylation is 2. The van der Waals surface area contributed by atoms with E-state index in [0.717, 1.165) is 16.5 Å². The lowest BCUT2D eigenvalue weighted by Crippen LogP contribution is -2.27. The number of fused-ring (bicyclic) bond motifs is 1. The van der Waals surface area contributed by atoms with Gasteiger partial charge in [-0.1, -0.05) is 6.07 Å². The van der Waals surface area contributed by atoms with Gasteiger partial charge in [-0.15, -0.1) is 0 Å². The van der Waals surface area contributed by atoms with E-state index in [2.05, 4.69) is 15.3 Å². The van der Waals surface area contributed by atoms with E-state index < -0.39 is 23.0 Å².